The normalized spacial score (nSPS) is 23.9. The second-order valence-electron chi connectivity index (χ2n) is 5.71. The summed E-state index contributed by atoms with van der Waals surface area (Å²) in [5, 5.41) is 12.2. The van der Waals surface area contributed by atoms with Crippen molar-refractivity contribution in [3.05, 3.63) is 0 Å². The smallest absolute Gasteiger partial charge is 0.311 e. The van der Waals surface area contributed by atoms with Crippen molar-refractivity contribution in [2.75, 3.05) is 39.3 Å². The maximum atomic E-state index is 11.8. The molecule has 0 aromatic rings. The van der Waals surface area contributed by atoms with Crippen LogP contribution >= 0.6 is 0 Å². The number of nitrogens with zero attached hydrogens (tertiary/aromatic N) is 2. The quantitative estimate of drug-likeness (QED) is 0.542. The van der Waals surface area contributed by atoms with Gasteiger partial charge < -0.3 is 20.2 Å². The SMILES string of the molecule is O=C(NCCCN1CCCC(O)C1)C(=O)N1CCCC1. The fourth-order valence-corrected chi connectivity index (χ4v) is 2.88. The van der Waals surface area contributed by atoms with Crippen molar-refractivity contribution in [1.82, 2.24) is 15.1 Å². The van der Waals surface area contributed by atoms with Gasteiger partial charge in [0.2, 0.25) is 0 Å². The molecule has 2 aliphatic rings. The molecule has 2 aliphatic heterocycles. The highest BCUT2D eigenvalue weighted by Gasteiger charge is 2.24. The van der Waals surface area contributed by atoms with E-state index < -0.39 is 11.8 Å². The average molecular weight is 283 g/mol. The Morgan fingerprint density at radius 1 is 1.15 bits per heavy atom. The van der Waals surface area contributed by atoms with Crippen LogP contribution in [0, 0.1) is 0 Å². The number of hydrogen-bond acceptors (Lipinski definition) is 4. The highest BCUT2D eigenvalue weighted by Crippen LogP contribution is 2.09. The summed E-state index contributed by atoms with van der Waals surface area (Å²) in [6, 6.07) is 0. The zero-order valence-electron chi connectivity index (χ0n) is 12.0. The van der Waals surface area contributed by atoms with Gasteiger partial charge in [-0.25, -0.2) is 0 Å². The molecule has 6 heteroatoms. The zero-order valence-corrected chi connectivity index (χ0v) is 12.0. The molecule has 114 valence electrons. The fraction of sp³-hybridized carbons (Fsp3) is 0.857. The van der Waals surface area contributed by atoms with Gasteiger partial charge in [0.05, 0.1) is 6.10 Å². The van der Waals surface area contributed by atoms with Crippen LogP contribution < -0.4 is 5.32 Å². The second-order valence-corrected chi connectivity index (χ2v) is 5.71. The lowest BCUT2D eigenvalue weighted by molar-refractivity contribution is -0.145. The third kappa shape index (κ3) is 4.45. The zero-order chi connectivity index (χ0) is 14.4. The molecule has 6 nitrogen and oxygen atoms in total. The number of carbonyl (C=O) groups is 2. The molecule has 2 N–H and O–H groups in total. The standard InChI is InChI=1S/C14H25N3O3/c18-12-5-3-7-16(11-12)8-4-6-15-13(19)14(20)17-9-1-2-10-17/h12,18H,1-11H2,(H,15,19). The van der Waals surface area contributed by atoms with E-state index in [0.717, 1.165) is 51.7 Å². The number of nitrogens with one attached hydrogen (secondary N) is 1. The highest BCUT2D eigenvalue weighted by molar-refractivity contribution is 6.35. The van der Waals surface area contributed by atoms with Crippen molar-refractivity contribution < 1.29 is 14.7 Å². The molecule has 0 radical (unpaired) electrons. The Hall–Kier alpha value is -1.14. The molecule has 2 saturated heterocycles. The Morgan fingerprint density at radius 3 is 2.60 bits per heavy atom. The van der Waals surface area contributed by atoms with Crippen molar-refractivity contribution in [2.45, 2.75) is 38.2 Å². The molecule has 0 aromatic carbocycles. The maximum Gasteiger partial charge on any atom is 0.311 e. The first kappa shape index (κ1) is 15.3. The van der Waals surface area contributed by atoms with Gasteiger partial charge in [0.15, 0.2) is 0 Å². The third-order valence-corrected chi connectivity index (χ3v) is 4.00. The van der Waals surface area contributed by atoms with Crippen molar-refractivity contribution in [2.24, 2.45) is 0 Å². The first-order valence-electron chi connectivity index (χ1n) is 7.64. The number of hydrogen-bond donors (Lipinski definition) is 2. The lowest BCUT2D eigenvalue weighted by atomic mass is 10.1. The second kappa shape index (κ2) is 7.59. The van der Waals surface area contributed by atoms with Gasteiger partial charge in [0.25, 0.3) is 0 Å². The Bertz CT molecular complexity index is 343. The Labute approximate surface area is 120 Å². The van der Waals surface area contributed by atoms with Gasteiger partial charge in [0, 0.05) is 26.2 Å². The molecule has 2 amide bonds. The monoisotopic (exact) mass is 283 g/mol. The molecular weight excluding hydrogens is 258 g/mol. The van der Waals surface area contributed by atoms with Crippen molar-refractivity contribution >= 4 is 11.8 Å². The number of aliphatic hydroxyl groups excluding tert-OH is 1. The number of carbonyl (C=O) groups excluding carboxylic acids is 2. The number of rotatable bonds is 4. The van der Waals surface area contributed by atoms with E-state index in [1.165, 1.54) is 0 Å². The summed E-state index contributed by atoms with van der Waals surface area (Å²) in [6.07, 6.45) is 4.51. The Balaban J connectivity index is 1.58. The van der Waals surface area contributed by atoms with Crippen LogP contribution in [0.2, 0.25) is 0 Å². The van der Waals surface area contributed by atoms with Crippen molar-refractivity contribution in [3.63, 3.8) is 0 Å². The van der Waals surface area contributed by atoms with E-state index in [1.54, 1.807) is 4.90 Å². The van der Waals surface area contributed by atoms with Crippen molar-refractivity contribution in [1.29, 1.82) is 0 Å². The number of likely N-dealkylation sites (tertiary alicyclic amines) is 2. The lowest BCUT2D eigenvalue weighted by Gasteiger charge is -2.29. The summed E-state index contributed by atoms with van der Waals surface area (Å²) in [7, 11) is 0. The van der Waals surface area contributed by atoms with Gasteiger partial charge in [-0.2, -0.15) is 0 Å². The van der Waals surface area contributed by atoms with Crippen LogP contribution in [0.4, 0.5) is 0 Å². The lowest BCUT2D eigenvalue weighted by Crippen LogP contribution is -2.43. The minimum absolute atomic E-state index is 0.213. The van der Waals surface area contributed by atoms with Crippen LogP contribution in [-0.4, -0.2) is 72.1 Å². The predicted molar refractivity (Wildman–Crippen MR) is 75.1 cm³/mol. The molecule has 20 heavy (non-hydrogen) atoms. The Kier molecular flexibility index (Phi) is 5.79. The first-order valence-corrected chi connectivity index (χ1v) is 7.64. The molecule has 0 saturated carbocycles. The molecule has 1 unspecified atom stereocenters. The molecule has 2 heterocycles. The summed E-state index contributed by atoms with van der Waals surface area (Å²) in [5.41, 5.74) is 0. The molecule has 0 bridgehead atoms. The first-order chi connectivity index (χ1) is 9.66. The van der Waals surface area contributed by atoms with E-state index >= 15 is 0 Å². The topological polar surface area (TPSA) is 72.9 Å². The highest BCUT2D eigenvalue weighted by atomic mass is 16.3. The average Bonchev–Trinajstić information content (AvgIpc) is 2.96. The summed E-state index contributed by atoms with van der Waals surface area (Å²) in [4.78, 5) is 27.3. The van der Waals surface area contributed by atoms with E-state index in [0.29, 0.717) is 19.6 Å². The molecule has 0 spiro atoms. The van der Waals surface area contributed by atoms with Crippen LogP contribution in [0.5, 0.6) is 0 Å². The number of β-amino-alcohol motifs (C(OH)–C–C–N with tert-alkyl or cyclic N) is 1. The third-order valence-electron chi connectivity index (χ3n) is 4.00. The van der Waals surface area contributed by atoms with Gasteiger partial charge >= 0.3 is 11.8 Å². The number of aliphatic hydroxyl groups is 1. The van der Waals surface area contributed by atoms with Gasteiger partial charge in [-0.3, -0.25) is 9.59 Å². The van der Waals surface area contributed by atoms with E-state index in [4.69, 9.17) is 0 Å². The molecule has 2 fully saturated rings. The van der Waals surface area contributed by atoms with E-state index in [1.807, 2.05) is 0 Å². The van der Waals surface area contributed by atoms with Crippen LogP contribution in [0.3, 0.4) is 0 Å². The van der Waals surface area contributed by atoms with Gasteiger partial charge in [-0.1, -0.05) is 0 Å². The summed E-state index contributed by atoms with van der Waals surface area (Å²) >= 11 is 0. The van der Waals surface area contributed by atoms with Gasteiger partial charge in [-0.15, -0.1) is 0 Å². The van der Waals surface area contributed by atoms with Crippen molar-refractivity contribution in [3.8, 4) is 0 Å². The largest absolute Gasteiger partial charge is 0.392 e. The van der Waals surface area contributed by atoms with Crippen LogP contribution in [-0.2, 0) is 9.59 Å². The van der Waals surface area contributed by atoms with Gasteiger partial charge in [0.1, 0.15) is 0 Å². The maximum absolute atomic E-state index is 11.8. The fourth-order valence-electron chi connectivity index (χ4n) is 2.88. The molecule has 2 rings (SSSR count). The number of amides is 2. The number of piperidine rings is 1. The minimum Gasteiger partial charge on any atom is -0.392 e. The molecular formula is C14H25N3O3. The van der Waals surface area contributed by atoms with E-state index in [2.05, 4.69) is 10.2 Å². The summed E-state index contributed by atoms with van der Waals surface area (Å²) < 4.78 is 0. The van der Waals surface area contributed by atoms with E-state index in [9.17, 15) is 14.7 Å². The molecule has 1 atom stereocenters. The van der Waals surface area contributed by atoms with Crippen LogP contribution in [0.25, 0.3) is 0 Å². The molecule has 0 aliphatic carbocycles. The Morgan fingerprint density at radius 2 is 1.90 bits per heavy atom. The summed E-state index contributed by atoms with van der Waals surface area (Å²) in [6.45, 7) is 4.52. The van der Waals surface area contributed by atoms with Crippen LogP contribution in [0.15, 0.2) is 0 Å². The predicted octanol–water partition coefficient (Wildman–Crippen LogP) is -0.428. The summed E-state index contributed by atoms with van der Waals surface area (Å²) in [5.74, 6) is -0.874. The minimum atomic E-state index is -0.481. The van der Waals surface area contributed by atoms with Gasteiger partial charge in [-0.05, 0) is 45.2 Å². The molecule has 0 aromatic heterocycles. The van der Waals surface area contributed by atoms with E-state index in [-0.39, 0.29) is 6.10 Å². The van der Waals surface area contributed by atoms with Crippen LogP contribution in [0.1, 0.15) is 32.1 Å².